The molecule has 136 valence electrons. The number of tetrazole rings is 1. The summed E-state index contributed by atoms with van der Waals surface area (Å²) < 4.78 is 17.4. The summed E-state index contributed by atoms with van der Waals surface area (Å²) in [6, 6.07) is 8.74. The zero-order chi connectivity index (χ0) is 18.5. The highest BCUT2D eigenvalue weighted by molar-refractivity contribution is 8.00. The van der Waals surface area contributed by atoms with Gasteiger partial charge in [0.25, 0.3) is 0 Å². The van der Waals surface area contributed by atoms with Crippen molar-refractivity contribution in [2.75, 3.05) is 14.2 Å². The number of nitrogens with zero attached hydrogens (tertiary/aromatic N) is 4. The van der Waals surface area contributed by atoms with Crippen LogP contribution >= 0.6 is 11.8 Å². The molecule has 0 N–H and O–H groups in total. The summed E-state index contributed by atoms with van der Waals surface area (Å²) in [6.45, 7) is 2.22. The van der Waals surface area contributed by atoms with Gasteiger partial charge in [0.05, 0.1) is 25.7 Å². The highest BCUT2D eigenvalue weighted by atomic mass is 32.2. The van der Waals surface area contributed by atoms with Gasteiger partial charge in [-0.3, -0.25) is 4.79 Å². The smallest absolute Gasteiger partial charge is 0.210 e. The monoisotopic (exact) mass is 374 g/mol. The minimum absolute atomic E-state index is 0.0523. The second-order valence-corrected chi connectivity index (χ2v) is 6.70. The number of hydrogen-bond acceptors (Lipinski definition) is 8. The van der Waals surface area contributed by atoms with Gasteiger partial charge in [-0.15, -0.1) is 5.10 Å². The van der Waals surface area contributed by atoms with E-state index in [9.17, 15) is 4.79 Å². The standard InChI is InChI=1S/C17H18N4O4S/c1-11(16(22)12-6-7-14(23-2)15(9-12)24-3)26-17-18-19-20-21(17)10-13-5-4-8-25-13/h4-9,11H,10H2,1-3H3/t11-/m1/s1. The van der Waals surface area contributed by atoms with Gasteiger partial charge in [0.15, 0.2) is 17.3 Å². The van der Waals surface area contributed by atoms with E-state index in [-0.39, 0.29) is 11.0 Å². The first-order chi connectivity index (χ1) is 12.6. The Hall–Kier alpha value is -2.81. The number of aromatic nitrogens is 4. The zero-order valence-electron chi connectivity index (χ0n) is 14.6. The van der Waals surface area contributed by atoms with E-state index in [1.54, 1.807) is 42.3 Å². The zero-order valence-corrected chi connectivity index (χ0v) is 15.4. The molecule has 2 aromatic heterocycles. The Morgan fingerprint density at radius 3 is 2.77 bits per heavy atom. The van der Waals surface area contributed by atoms with E-state index in [4.69, 9.17) is 13.9 Å². The van der Waals surface area contributed by atoms with Crippen molar-refractivity contribution in [1.82, 2.24) is 20.2 Å². The van der Waals surface area contributed by atoms with Crippen LogP contribution in [0.2, 0.25) is 0 Å². The van der Waals surface area contributed by atoms with Crippen LogP contribution in [-0.2, 0) is 6.54 Å². The van der Waals surface area contributed by atoms with Crippen molar-refractivity contribution in [2.24, 2.45) is 0 Å². The highest BCUT2D eigenvalue weighted by Crippen LogP contribution is 2.30. The predicted octanol–water partition coefficient (Wildman–Crippen LogP) is 2.70. The van der Waals surface area contributed by atoms with Crippen LogP contribution in [0.1, 0.15) is 23.0 Å². The van der Waals surface area contributed by atoms with Gasteiger partial charge in [0.2, 0.25) is 5.16 Å². The molecular formula is C17H18N4O4S. The van der Waals surface area contributed by atoms with Crippen molar-refractivity contribution in [1.29, 1.82) is 0 Å². The molecule has 3 aromatic rings. The summed E-state index contributed by atoms with van der Waals surface area (Å²) >= 11 is 1.29. The fourth-order valence-corrected chi connectivity index (χ4v) is 3.23. The van der Waals surface area contributed by atoms with E-state index in [1.165, 1.54) is 18.9 Å². The first kappa shape index (κ1) is 18.0. The van der Waals surface area contributed by atoms with Crippen molar-refractivity contribution in [3.63, 3.8) is 0 Å². The second kappa shape index (κ2) is 8.05. The minimum Gasteiger partial charge on any atom is -0.493 e. The van der Waals surface area contributed by atoms with Crippen LogP contribution in [0.15, 0.2) is 46.2 Å². The molecule has 0 fully saturated rings. The maximum Gasteiger partial charge on any atom is 0.210 e. The largest absolute Gasteiger partial charge is 0.493 e. The molecule has 0 amide bonds. The Bertz CT molecular complexity index is 879. The van der Waals surface area contributed by atoms with Crippen LogP contribution in [0.5, 0.6) is 11.5 Å². The summed E-state index contributed by atoms with van der Waals surface area (Å²) in [5.41, 5.74) is 0.535. The van der Waals surface area contributed by atoms with E-state index >= 15 is 0 Å². The molecule has 1 aromatic carbocycles. The van der Waals surface area contributed by atoms with Crippen LogP contribution in [0.4, 0.5) is 0 Å². The molecular weight excluding hydrogens is 356 g/mol. The number of benzene rings is 1. The predicted molar refractivity (Wildman–Crippen MR) is 94.8 cm³/mol. The summed E-state index contributed by atoms with van der Waals surface area (Å²) in [7, 11) is 3.09. The van der Waals surface area contributed by atoms with Gasteiger partial charge in [-0.1, -0.05) is 11.8 Å². The van der Waals surface area contributed by atoms with Crippen molar-refractivity contribution in [2.45, 2.75) is 23.9 Å². The van der Waals surface area contributed by atoms with Crippen LogP contribution < -0.4 is 9.47 Å². The van der Waals surface area contributed by atoms with Gasteiger partial charge >= 0.3 is 0 Å². The molecule has 26 heavy (non-hydrogen) atoms. The van der Waals surface area contributed by atoms with Crippen LogP contribution in [0, 0.1) is 0 Å². The fraction of sp³-hybridized carbons (Fsp3) is 0.294. The van der Waals surface area contributed by atoms with Gasteiger partial charge in [-0.2, -0.15) is 0 Å². The van der Waals surface area contributed by atoms with Crippen molar-refractivity contribution >= 4 is 17.5 Å². The molecule has 1 atom stereocenters. The SMILES string of the molecule is COc1ccc(C(=O)[C@@H](C)Sc2nnnn2Cc2ccco2)cc1OC. The molecule has 0 unspecified atom stereocenters. The Morgan fingerprint density at radius 1 is 1.27 bits per heavy atom. The maximum absolute atomic E-state index is 12.8. The Kier molecular flexibility index (Phi) is 5.57. The molecule has 8 nitrogen and oxygen atoms in total. The molecule has 0 bridgehead atoms. The fourth-order valence-electron chi connectivity index (χ4n) is 2.37. The van der Waals surface area contributed by atoms with E-state index in [2.05, 4.69) is 15.5 Å². The van der Waals surface area contributed by atoms with E-state index in [0.717, 1.165) is 5.76 Å². The van der Waals surface area contributed by atoms with E-state index in [0.29, 0.717) is 28.8 Å². The Labute approximate surface area is 154 Å². The third-order valence-electron chi connectivity index (χ3n) is 3.70. The topological polar surface area (TPSA) is 92.3 Å². The average Bonchev–Trinajstić information content (AvgIpc) is 3.33. The molecule has 0 aliphatic heterocycles. The number of furan rings is 1. The maximum atomic E-state index is 12.8. The average molecular weight is 374 g/mol. The van der Waals surface area contributed by atoms with Crippen LogP contribution in [-0.4, -0.2) is 45.5 Å². The number of Topliss-reactive ketones (excluding diaryl/α,β-unsaturated/α-hetero) is 1. The molecule has 3 rings (SSSR count). The summed E-state index contributed by atoms with van der Waals surface area (Å²) in [5.74, 6) is 1.77. The quantitative estimate of drug-likeness (QED) is 0.439. The molecule has 0 saturated heterocycles. The van der Waals surface area contributed by atoms with Crippen LogP contribution in [0.25, 0.3) is 0 Å². The number of ketones is 1. The lowest BCUT2D eigenvalue weighted by molar-refractivity contribution is 0.0993. The number of carbonyl (C=O) groups is 1. The van der Waals surface area contributed by atoms with Crippen molar-refractivity contribution in [3.05, 3.63) is 47.9 Å². The molecule has 0 radical (unpaired) electrons. The number of hydrogen-bond donors (Lipinski definition) is 0. The van der Waals surface area contributed by atoms with Crippen molar-refractivity contribution < 1.29 is 18.7 Å². The van der Waals surface area contributed by atoms with Gasteiger partial charge in [0, 0.05) is 5.56 Å². The van der Waals surface area contributed by atoms with E-state index < -0.39 is 0 Å². The first-order valence-corrected chi connectivity index (χ1v) is 8.71. The lowest BCUT2D eigenvalue weighted by Crippen LogP contribution is -2.15. The second-order valence-electron chi connectivity index (χ2n) is 5.39. The third kappa shape index (κ3) is 3.88. The molecule has 2 heterocycles. The number of rotatable bonds is 8. The molecule has 0 saturated carbocycles. The Morgan fingerprint density at radius 2 is 2.08 bits per heavy atom. The molecule has 0 aliphatic carbocycles. The highest BCUT2D eigenvalue weighted by Gasteiger charge is 2.21. The number of carbonyl (C=O) groups excluding carboxylic acids is 1. The van der Waals surface area contributed by atoms with Gasteiger partial charge in [-0.05, 0) is 47.7 Å². The lowest BCUT2D eigenvalue weighted by atomic mass is 10.1. The van der Waals surface area contributed by atoms with Crippen molar-refractivity contribution in [3.8, 4) is 11.5 Å². The summed E-state index contributed by atoms with van der Waals surface area (Å²) in [4.78, 5) is 12.8. The van der Waals surface area contributed by atoms with E-state index in [1.807, 2.05) is 13.0 Å². The lowest BCUT2D eigenvalue weighted by Gasteiger charge is -2.12. The molecule has 9 heteroatoms. The number of methoxy groups -OCH3 is 2. The summed E-state index contributed by atoms with van der Waals surface area (Å²) in [5, 5.41) is 11.8. The van der Waals surface area contributed by atoms with Gasteiger partial charge in [-0.25, -0.2) is 4.68 Å². The summed E-state index contributed by atoms with van der Waals surface area (Å²) in [6.07, 6.45) is 1.59. The molecule has 0 aliphatic rings. The third-order valence-corrected chi connectivity index (χ3v) is 4.78. The minimum atomic E-state index is -0.380. The number of ether oxygens (including phenoxy) is 2. The van der Waals surface area contributed by atoms with Gasteiger partial charge in [0.1, 0.15) is 12.3 Å². The number of thioether (sulfide) groups is 1. The first-order valence-electron chi connectivity index (χ1n) is 7.83. The Balaban J connectivity index is 1.73. The molecule has 0 spiro atoms. The normalized spacial score (nSPS) is 12.0. The van der Waals surface area contributed by atoms with Gasteiger partial charge < -0.3 is 13.9 Å². The van der Waals surface area contributed by atoms with Crippen LogP contribution in [0.3, 0.4) is 0 Å².